The number of imidazole rings is 1. The van der Waals surface area contributed by atoms with Crippen LogP contribution in [0.4, 0.5) is 0 Å². The lowest BCUT2D eigenvalue weighted by Gasteiger charge is -2.25. The molecule has 0 saturated heterocycles. The number of aryl methyl sites for hydroxylation is 1. The van der Waals surface area contributed by atoms with Gasteiger partial charge in [0.1, 0.15) is 11.3 Å². The predicted octanol–water partition coefficient (Wildman–Crippen LogP) is 4.90. The second-order valence-electron chi connectivity index (χ2n) is 7.12. The summed E-state index contributed by atoms with van der Waals surface area (Å²) in [4.78, 5) is 24.3. The second-order valence-corrected chi connectivity index (χ2v) is 8.03. The van der Waals surface area contributed by atoms with Gasteiger partial charge in [-0.2, -0.15) is 0 Å². The summed E-state index contributed by atoms with van der Waals surface area (Å²) in [6, 6.07) is 11.4. The van der Waals surface area contributed by atoms with Gasteiger partial charge in [0.25, 0.3) is 5.91 Å². The molecule has 6 heteroatoms. The van der Waals surface area contributed by atoms with Crippen molar-refractivity contribution in [3.05, 3.63) is 58.5 Å². The first-order chi connectivity index (χ1) is 13.0. The Hall–Kier alpha value is -2.21. The van der Waals surface area contributed by atoms with E-state index in [0.717, 1.165) is 34.4 Å². The van der Waals surface area contributed by atoms with Crippen molar-refractivity contribution in [2.24, 2.45) is 5.92 Å². The lowest BCUT2D eigenvalue weighted by Crippen LogP contribution is -2.34. The SMILES string of the molecule is CCCn1c(CN(CC(C)C)C(=O)c2cccc(Br)c2)nc2cccnc21. The number of carbonyl (C=O) groups is 1. The van der Waals surface area contributed by atoms with Crippen LogP contribution in [0.5, 0.6) is 0 Å². The standard InChI is InChI=1S/C21H25BrN4O/c1-4-11-26-19(24-18-9-6-10-23-20(18)26)14-25(13-15(2)3)21(27)16-7-5-8-17(22)12-16/h5-10,12,15H,4,11,13-14H2,1-3H3. The third-order valence-electron chi connectivity index (χ3n) is 4.31. The zero-order chi connectivity index (χ0) is 19.4. The van der Waals surface area contributed by atoms with Crippen molar-refractivity contribution in [3.63, 3.8) is 0 Å². The van der Waals surface area contributed by atoms with Gasteiger partial charge in [-0.1, -0.05) is 42.8 Å². The summed E-state index contributed by atoms with van der Waals surface area (Å²) in [5, 5.41) is 0. The third-order valence-corrected chi connectivity index (χ3v) is 4.80. The van der Waals surface area contributed by atoms with Gasteiger partial charge in [0.05, 0.1) is 6.54 Å². The zero-order valence-electron chi connectivity index (χ0n) is 16.0. The van der Waals surface area contributed by atoms with E-state index in [1.165, 1.54) is 0 Å². The van der Waals surface area contributed by atoms with Crippen LogP contribution >= 0.6 is 15.9 Å². The van der Waals surface area contributed by atoms with Crippen LogP contribution in [0.3, 0.4) is 0 Å². The molecule has 0 aliphatic rings. The van der Waals surface area contributed by atoms with Crippen molar-refractivity contribution in [1.29, 1.82) is 0 Å². The number of hydrogen-bond acceptors (Lipinski definition) is 3. The summed E-state index contributed by atoms with van der Waals surface area (Å²) >= 11 is 3.46. The fourth-order valence-corrected chi connectivity index (χ4v) is 3.62. The number of halogens is 1. The van der Waals surface area contributed by atoms with E-state index >= 15 is 0 Å². The molecule has 3 aromatic rings. The van der Waals surface area contributed by atoms with Gasteiger partial charge in [-0.15, -0.1) is 0 Å². The van der Waals surface area contributed by atoms with Crippen molar-refractivity contribution in [1.82, 2.24) is 19.4 Å². The fourth-order valence-electron chi connectivity index (χ4n) is 3.22. The lowest BCUT2D eigenvalue weighted by molar-refractivity contribution is 0.0716. The van der Waals surface area contributed by atoms with E-state index in [-0.39, 0.29) is 5.91 Å². The quantitative estimate of drug-likeness (QED) is 0.537. The number of nitrogens with zero attached hydrogens (tertiary/aromatic N) is 4. The van der Waals surface area contributed by atoms with Gasteiger partial charge < -0.3 is 9.47 Å². The number of aromatic nitrogens is 3. The normalized spacial score (nSPS) is 11.3. The molecule has 1 aromatic carbocycles. The van der Waals surface area contributed by atoms with Crippen LogP contribution in [-0.2, 0) is 13.1 Å². The zero-order valence-corrected chi connectivity index (χ0v) is 17.6. The fraction of sp³-hybridized carbons (Fsp3) is 0.381. The molecule has 0 radical (unpaired) electrons. The van der Waals surface area contributed by atoms with Gasteiger partial charge >= 0.3 is 0 Å². The summed E-state index contributed by atoms with van der Waals surface area (Å²) < 4.78 is 3.04. The van der Waals surface area contributed by atoms with Gasteiger partial charge in [0.2, 0.25) is 0 Å². The van der Waals surface area contributed by atoms with Crippen molar-refractivity contribution < 1.29 is 4.79 Å². The maximum atomic E-state index is 13.2. The summed E-state index contributed by atoms with van der Waals surface area (Å²) in [6.07, 6.45) is 2.78. The van der Waals surface area contributed by atoms with Crippen LogP contribution in [-0.4, -0.2) is 31.9 Å². The molecule has 0 saturated carbocycles. The molecular weight excluding hydrogens is 404 g/mol. The van der Waals surface area contributed by atoms with Gasteiger partial charge in [0, 0.05) is 29.3 Å². The minimum atomic E-state index is 0.0214. The van der Waals surface area contributed by atoms with Crippen molar-refractivity contribution in [2.75, 3.05) is 6.54 Å². The molecule has 0 unspecified atom stereocenters. The predicted molar refractivity (Wildman–Crippen MR) is 112 cm³/mol. The first-order valence-electron chi connectivity index (χ1n) is 9.34. The van der Waals surface area contributed by atoms with E-state index in [4.69, 9.17) is 4.98 Å². The van der Waals surface area contributed by atoms with E-state index in [9.17, 15) is 4.79 Å². The second kappa shape index (κ2) is 8.65. The van der Waals surface area contributed by atoms with Crippen LogP contribution in [0, 0.1) is 5.92 Å². The van der Waals surface area contributed by atoms with Crippen LogP contribution < -0.4 is 0 Å². The number of hydrogen-bond donors (Lipinski definition) is 0. The maximum Gasteiger partial charge on any atom is 0.254 e. The van der Waals surface area contributed by atoms with Crippen molar-refractivity contribution in [3.8, 4) is 0 Å². The van der Waals surface area contributed by atoms with Gasteiger partial charge in [0.15, 0.2) is 5.65 Å². The molecule has 142 valence electrons. The topological polar surface area (TPSA) is 51.0 Å². The average Bonchev–Trinajstić information content (AvgIpc) is 2.98. The van der Waals surface area contributed by atoms with Crippen LogP contribution in [0.2, 0.25) is 0 Å². The first kappa shape index (κ1) is 19.5. The number of rotatable bonds is 7. The smallest absolute Gasteiger partial charge is 0.254 e. The van der Waals surface area contributed by atoms with Crippen LogP contribution in [0.1, 0.15) is 43.4 Å². The van der Waals surface area contributed by atoms with E-state index < -0.39 is 0 Å². The Morgan fingerprint density at radius 3 is 2.78 bits per heavy atom. The van der Waals surface area contributed by atoms with Gasteiger partial charge in [-0.3, -0.25) is 4.79 Å². The highest BCUT2D eigenvalue weighted by molar-refractivity contribution is 9.10. The molecule has 0 spiro atoms. The number of pyridine rings is 1. The first-order valence-corrected chi connectivity index (χ1v) is 10.1. The Kier molecular flexibility index (Phi) is 6.26. The molecule has 3 rings (SSSR count). The molecule has 1 amide bonds. The minimum Gasteiger partial charge on any atom is -0.331 e. The monoisotopic (exact) mass is 428 g/mol. The lowest BCUT2D eigenvalue weighted by atomic mass is 10.1. The minimum absolute atomic E-state index is 0.0214. The molecule has 2 heterocycles. The van der Waals surface area contributed by atoms with E-state index in [2.05, 4.69) is 46.3 Å². The highest BCUT2D eigenvalue weighted by atomic mass is 79.9. The average molecular weight is 429 g/mol. The summed E-state index contributed by atoms with van der Waals surface area (Å²) in [7, 11) is 0. The number of amides is 1. The Bertz CT molecular complexity index is 935. The third kappa shape index (κ3) is 4.56. The largest absolute Gasteiger partial charge is 0.331 e. The molecule has 0 N–H and O–H groups in total. The van der Waals surface area contributed by atoms with Gasteiger partial charge in [-0.05, 0) is 42.7 Å². The molecule has 0 fully saturated rings. The number of benzene rings is 1. The molecule has 0 atom stereocenters. The summed E-state index contributed by atoms with van der Waals surface area (Å²) in [6.45, 7) is 8.37. The Morgan fingerprint density at radius 2 is 2.07 bits per heavy atom. The highest BCUT2D eigenvalue weighted by Gasteiger charge is 2.21. The van der Waals surface area contributed by atoms with Crippen LogP contribution in [0.25, 0.3) is 11.2 Å². The van der Waals surface area contributed by atoms with E-state index in [1.807, 2.05) is 41.3 Å². The molecule has 5 nitrogen and oxygen atoms in total. The summed E-state index contributed by atoms with van der Waals surface area (Å²) in [5.41, 5.74) is 2.44. The molecular formula is C21H25BrN4O. The van der Waals surface area contributed by atoms with Gasteiger partial charge in [-0.25, -0.2) is 9.97 Å². The Balaban J connectivity index is 1.96. The molecule has 2 aromatic heterocycles. The molecule has 27 heavy (non-hydrogen) atoms. The number of carbonyl (C=O) groups excluding carboxylic acids is 1. The number of fused-ring (bicyclic) bond motifs is 1. The molecule has 0 aliphatic heterocycles. The van der Waals surface area contributed by atoms with E-state index in [0.29, 0.717) is 24.6 Å². The van der Waals surface area contributed by atoms with Crippen molar-refractivity contribution in [2.45, 2.75) is 40.3 Å². The Labute approximate surface area is 168 Å². The maximum absolute atomic E-state index is 13.2. The summed E-state index contributed by atoms with van der Waals surface area (Å²) in [5.74, 6) is 1.27. The molecule has 0 bridgehead atoms. The van der Waals surface area contributed by atoms with Crippen molar-refractivity contribution >= 4 is 33.0 Å². The van der Waals surface area contributed by atoms with E-state index in [1.54, 1.807) is 6.20 Å². The van der Waals surface area contributed by atoms with Crippen LogP contribution in [0.15, 0.2) is 47.1 Å². The highest BCUT2D eigenvalue weighted by Crippen LogP contribution is 2.19. The Morgan fingerprint density at radius 1 is 1.26 bits per heavy atom. The molecule has 0 aliphatic carbocycles.